The van der Waals surface area contributed by atoms with Crippen LogP contribution in [-0.2, 0) is 17.3 Å². The molecule has 3 aliphatic rings. The Labute approximate surface area is 331 Å². The quantitative estimate of drug-likeness (QED) is 0.170. The lowest BCUT2D eigenvalue weighted by Crippen LogP contribution is -2.26. The summed E-state index contributed by atoms with van der Waals surface area (Å²) in [5.74, 6) is 0.539. The van der Waals surface area contributed by atoms with Crippen molar-refractivity contribution < 1.29 is 0 Å². The molecule has 0 heterocycles. The van der Waals surface area contributed by atoms with Gasteiger partial charge in [0.15, 0.2) is 0 Å². The Morgan fingerprint density at radius 2 is 0.982 bits per heavy atom. The van der Waals surface area contributed by atoms with Gasteiger partial charge in [-0.25, -0.2) is 0 Å². The van der Waals surface area contributed by atoms with Crippen molar-refractivity contribution in [2.45, 2.75) is 65.7 Å². The predicted octanol–water partition coefficient (Wildman–Crippen LogP) is 14.3. The first kappa shape index (κ1) is 33.6. The summed E-state index contributed by atoms with van der Waals surface area (Å²) in [6.07, 6.45) is 3.64. The van der Waals surface area contributed by atoms with Gasteiger partial charge >= 0.3 is 0 Å². The average molecular weight is 721 g/mol. The van der Waals surface area contributed by atoms with Gasteiger partial charge in [-0.3, -0.25) is 0 Å². The van der Waals surface area contributed by atoms with Crippen LogP contribution in [0.4, 0.5) is 0 Å². The Bertz CT molecular complexity index is 3030. The predicted molar refractivity (Wildman–Crippen MR) is 239 cm³/mol. The Morgan fingerprint density at radius 3 is 1.62 bits per heavy atom. The summed E-state index contributed by atoms with van der Waals surface area (Å²) >= 11 is 0. The van der Waals surface area contributed by atoms with Gasteiger partial charge in [0.2, 0.25) is 0 Å². The fourth-order valence-corrected chi connectivity index (χ4v) is 10.7. The highest BCUT2D eigenvalue weighted by atomic mass is 14.4. The molecule has 0 radical (unpaired) electrons. The highest BCUT2D eigenvalue weighted by Crippen LogP contribution is 2.53. The zero-order valence-electron chi connectivity index (χ0n) is 33.6. The summed E-state index contributed by atoms with van der Waals surface area (Å²) < 4.78 is 0. The highest BCUT2D eigenvalue weighted by molar-refractivity contribution is 6.16. The van der Waals surface area contributed by atoms with E-state index in [1.54, 1.807) is 0 Å². The van der Waals surface area contributed by atoms with Gasteiger partial charge in [0.05, 0.1) is 0 Å². The van der Waals surface area contributed by atoms with Crippen molar-refractivity contribution >= 4 is 27.6 Å². The number of hydrogen-bond acceptors (Lipinski definition) is 0. The zero-order valence-corrected chi connectivity index (χ0v) is 33.6. The standard InChI is InChI=1S/C56H48/c1-54(2,3)41-28-39-16-15-33-17-22-42(47-26-21-40(29-41)52(39)53(33)47)38-12-10-11-34(27-38)35-18-24-45-46-25-20-37(32-51(46)56(6,7)50(45)30-35)36-19-23-44-43-13-8-9-14-48(43)55(4,5)49(44)31-36/h8-27,29-32,41H,28H2,1-7H3. The number of benzene rings is 8. The Morgan fingerprint density at radius 1 is 0.446 bits per heavy atom. The third-order valence-corrected chi connectivity index (χ3v) is 14.1. The summed E-state index contributed by atoms with van der Waals surface area (Å²) in [6.45, 7) is 16.7. The maximum Gasteiger partial charge on any atom is 0.0159 e. The van der Waals surface area contributed by atoms with Gasteiger partial charge in [-0.2, -0.15) is 0 Å². The molecule has 8 aromatic carbocycles. The minimum atomic E-state index is -0.121. The lowest BCUT2D eigenvalue weighted by molar-refractivity contribution is 0.306. The summed E-state index contributed by atoms with van der Waals surface area (Å²) in [5, 5.41) is 6.94. The van der Waals surface area contributed by atoms with Crippen molar-refractivity contribution in [2.24, 2.45) is 11.3 Å². The van der Waals surface area contributed by atoms with Crippen LogP contribution < -0.4 is 5.22 Å². The minimum absolute atomic E-state index is 0.0135. The van der Waals surface area contributed by atoms with Gasteiger partial charge in [-0.15, -0.1) is 0 Å². The molecule has 0 saturated carbocycles. The molecule has 0 amide bonds. The smallest absolute Gasteiger partial charge is 0.0159 e. The van der Waals surface area contributed by atoms with E-state index in [2.05, 4.69) is 194 Å². The molecule has 0 saturated heterocycles. The normalized spacial score (nSPS) is 17.0. The van der Waals surface area contributed by atoms with Crippen LogP contribution in [0.2, 0.25) is 0 Å². The number of fused-ring (bicyclic) bond motifs is 6. The fraction of sp³-hybridized carbons (Fsp3) is 0.214. The second-order valence-corrected chi connectivity index (χ2v) is 19.0. The molecule has 0 heteroatoms. The topological polar surface area (TPSA) is 0 Å². The maximum absolute atomic E-state index is 2.54. The summed E-state index contributed by atoms with van der Waals surface area (Å²) in [4.78, 5) is 0. The maximum atomic E-state index is 2.54. The molecule has 0 nitrogen and oxygen atoms in total. The van der Waals surface area contributed by atoms with E-state index in [0.29, 0.717) is 5.92 Å². The van der Waals surface area contributed by atoms with Crippen LogP contribution in [0, 0.1) is 11.3 Å². The highest BCUT2D eigenvalue weighted by Gasteiger charge is 2.37. The van der Waals surface area contributed by atoms with Crippen molar-refractivity contribution in [1.29, 1.82) is 0 Å². The Hall–Kier alpha value is -5.72. The Balaban J connectivity index is 0.956. The van der Waals surface area contributed by atoms with Crippen molar-refractivity contribution in [1.82, 2.24) is 0 Å². The molecule has 11 rings (SSSR count). The monoisotopic (exact) mass is 720 g/mol. The molecular formula is C56H48. The molecule has 3 aliphatic carbocycles. The van der Waals surface area contributed by atoms with Crippen molar-refractivity contribution in [2.75, 3.05) is 0 Å². The molecule has 1 atom stereocenters. The van der Waals surface area contributed by atoms with Crippen molar-refractivity contribution in [3.63, 3.8) is 0 Å². The van der Waals surface area contributed by atoms with Crippen molar-refractivity contribution in [3.8, 4) is 55.6 Å². The van der Waals surface area contributed by atoms with Gasteiger partial charge in [-0.1, -0.05) is 170 Å². The van der Waals surface area contributed by atoms with Crippen molar-refractivity contribution in [3.05, 3.63) is 173 Å². The van der Waals surface area contributed by atoms with E-state index in [0.717, 1.165) is 6.42 Å². The van der Waals surface area contributed by atoms with Gasteiger partial charge in [0.1, 0.15) is 0 Å². The molecule has 8 aromatic rings. The first-order chi connectivity index (χ1) is 26.9. The minimum Gasteiger partial charge on any atom is -0.0727 e. The fourth-order valence-electron chi connectivity index (χ4n) is 10.7. The van der Waals surface area contributed by atoms with Crippen LogP contribution in [0.3, 0.4) is 0 Å². The lowest BCUT2D eigenvalue weighted by atomic mass is 9.73. The van der Waals surface area contributed by atoms with E-state index in [1.807, 2.05) is 0 Å². The summed E-state index contributed by atoms with van der Waals surface area (Å²) in [7, 11) is 0. The van der Waals surface area contributed by atoms with Crippen LogP contribution in [0.5, 0.6) is 0 Å². The summed E-state index contributed by atoms with van der Waals surface area (Å²) in [5.41, 5.74) is 20.4. The molecule has 56 heavy (non-hydrogen) atoms. The van der Waals surface area contributed by atoms with Gasteiger partial charge < -0.3 is 0 Å². The first-order valence-corrected chi connectivity index (χ1v) is 20.5. The SMILES string of the molecule is CC1(C)c2ccccc2-c2ccc(-c3ccc4c(c3)C(C)(C)c3cc(-c5cccc(-c6ccc7ccc8c9c(ccc6c79)=CC(C(C)(C)C)C8)c5)ccc3-4)cc21. The van der Waals surface area contributed by atoms with Gasteiger partial charge in [0, 0.05) is 10.8 Å². The largest absolute Gasteiger partial charge is 0.0727 e. The average Bonchev–Trinajstić information content (AvgIpc) is 3.57. The third kappa shape index (κ3) is 4.72. The molecular weight excluding hydrogens is 673 g/mol. The van der Waals surface area contributed by atoms with Gasteiger partial charge in [-0.05, 0) is 152 Å². The van der Waals surface area contributed by atoms with E-state index < -0.39 is 0 Å². The van der Waals surface area contributed by atoms with Crippen LogP contribution in [-0.4, -0.2) is 0 Å². The van der Waals surface area contributed by atoms with Crippen LogP contribution >= 0.6 is 0 Å². The number of rotatable bonds is 3. The van der Waals surface area contributed by atoms with E-state index in [4.69, 9.17) is 0 Å². The molecule has 0 spiro atoms. The van der Waals surface area contributed by atoms with E-state index in [9.17, 15) is 0 Å². The van der Waals surface area contributed by atoms with Gasteiger partial charge in [0.25, 0.3) is 0 Å². The number of hydrogen-bond donors (Lipinski definition) is 0. The first-order valence-electron chi connectivity index (χ1n) is 20.5. The molecule has 0 aromatic heterocycles. The van der Waals surface area contributed by atoms with E-state index in [1.165, 1.54) is 110 Å². The van der Waals surface area contributed by atoms with Crippen LogP contribution in [0.25, 0.3) is 83.3 Å². The Kier molecular flexibility index (Phi) is 6.85. The second kappa shape index (κ2) is 11.4. The van der Waals surface area contributed by atoms with E-state index in [-0.39, 0.29) is 16.2 Å². The lowest BCUT2D eigenvalue weighted by Gasteiger charge is -2.31. The third-order valence-electron chi connectivity index (χ3n) is 14.1. The molecule has 272 valence electrons. The zero-order chi connectivity index (χ0) is 38.3. The molecule has 0 N–H and O–H groups in total. The second-order valence-electron chi connectivity index (χ2n) is 19.0. The molecule has 1 unspecified atom stereocenters. The molecule has 0 bridgehead atoms. The van der Waals surface area contributed by atoms with Crippen LogP contribution in [0.15, 0.2) is 140 Å². The summed E-state index contributed by atoms with van der Waals surface area (Å²) in [6, 6.07) is 53.7. The van der Waals surface area contributed by atoms with Crippen LogP contribution in [0.1, 0.15) is 76.3 Å². The van der Waals surface area contributed by atoms with E-state index >= 15 is 0 Å². The molecule has 0 fully saturated rings. The molecule has 0 aliphatic heterocycles.